The first-order valence-electron chi connectivity index (χ1n) is 4.66. The molecule has 3 nitrogen and oxygen atoms in total. The van der Waals surface area contributed by atoms with Crippen molar-refractivity contribution < 1.29 is 4.74 Å². The van der Waals surface area contributed by atoms with E-state index < -0.39 is 0 Å². The minimum Gasteiger partial charge on any atom is -0.489 e. The molecule has 0 aliphatic carbocycles. The molecule has 1 aliphatic heterocycles. The van der Waals surface area contributed by atoms with Crippen LogP contribution in [0.2, 0.25) is 0 Å². The van der Waals surface area contributed by atoms with Crippen molar-refractivity contribution in [3.05, 3.63) is 18.5 Å². The van der Waals surface area contributed by atoms with E-state index in [2.05, 4.69) is 9.88 Å². The number of fused-ring (bicyclic) bond motifs is 1. The minimum absolute atomic E-state index is 0.771. The molecule has 0 atom stereocenters. The average Bonchev–Trinajstić information content (AvgIpc) is 2.22. The van der Waals surface area contributed by atoms with Crippen LogP contribution in [0.1, 0.15) is 13.8 Å². The largest absolute Gasteiger partial charge is 0.489 e. The van der Waals surface area contributed by atoms with Crippen LogP contribution in [-0.2, 0) is 0 Å². The zero-order valence-electron chi connectivity index (χ0n) is 8.45. The minimum atomic E-state index is 0.771. The number of nitrogens with zero attached hydrogens (tertiary/aromatic N) is 2. The molecule has 0 amide bonds. The summed E-state index contributed by atoms with van der Waals surface area (Å²) in [6.45, 7) is 5.71. The van der Waals surface area contributed by atoms with Crippen LogP contribution >= 0.6 is 0 Å². The smallest absolute Gasteiger partial charge is 0.145 e. The van der Waals surface area contributed by atoms with Gasteiger partial charge in [0.05, 0.1) is 18.4 Å². The number of rotatable bonds is 0. The molecule has 72 valence electrons. The molecule has 0 fully saturated rings. The second-order valence-electron chi connectivity index (χ2n) is 2.61. The maximum atomic E-state index is 5.41. The zero-order valence-corrected chi connectivity index (χ0v) is 8.45. The third-order valence-electron chi connectivity index (χ3n) is 1.86. The van der Waals surface area contributed by atoms with Crippen LogP contribution in [0.25, 0.3) is 0 Å². The van der Waals surface area contributed by atoms with Crippen LogP contribution in [0.15, 0.2) is 18.5 Å². The van der Waals surface area contributed by atoms with E-state index in [1.165, 1.54) is 0 Å². The fourth-order valence-electron chi connectivity index (χ4n) is 1.20. The fraction of sp³-hybridized carbons (Fsp3) is 0.500. The van der Waals surface area contributed by atoms with Crippen molar-refractivity contribution in [1.82, 2.24) is 4.98 Å². The molecule has 0 unspecified atom stereocenters. The van der Waals surface area contributed by atoms with Gasteiger partial charge in [-0.1, -0.05) is 13.8 Å². The Bertz CT molecular complexity index is 263. The summed E-state index contributed by atoms with van der Waals surface area (Å²) in [5.74, 6) is 0.939. The zero-order chi connectivity index (χ0) is 9.68. The highest BCUT2D eigenvalue weighted by Gasteiger charge is 2.13. The lowest BCUT2D eigenvalue weighted by Gasteiger charge is -2.26. The summed E-state index contributed by atoms with van der Waals surface area (Å²) < 4.78 is 5.41. The summed E-state index contributed by atoms with van der Waals surface area (Å²) in [5, 5.41) is 0. The van der Waals surface area contributed by atoms with E-state index in [1.54, 1.807) is 6.20 Å². The quantitative estimate of drug-likeness (QED) is 0.610. The van der Waals surface area contributed by atoms with Crippen molar-refractivity contribution in [1.29, 1.82) is 0 Å². The fourth-order valence-corrected chi connectivity index (χ4v) is 1.20. The Morgan fingerprint density at radius 2 is 2.23 bits per heavy atom. The Hall–Kier alpha value is -1.25. The number of likely N-dealkylation sites (N-methyl/N-ethyl adjacent to an activating group) is 1. The predicted octanol–water partition coefficient (Wildman–Crippen LogP) is 1.94. The van der Waals surface area contributed by atoms with Gasteiger partial charge in [0.1, 0.15) is 12.4 Å². The van der Waals surface area contributed by atoms with Gasteiger partial charge in [-0.25, -0.2) is 0 Å². The molecule has 0 bridgehead atoms. The first-order chi connectivity index (χ1) is 6.38. The van der Waals surface area contributed by atoms with Gasteiger partial charge in [0, 0.05) is 19.3 Å². The molecule has 1 aromatic heterocycles. The van der Waals surface area contributed by atoms with Gasteiger partial charge in [0.2, 0.25) is 0 Å². The molecule has 0 aromatic carbocycles. The lowest BCUT2D eigenvalue weighted by Crippen LogP contribution is -2.28. The molecule has 0 saturated heterocycles. The number of pyridine rings is 1. The topological polar surface area (TPSA) is 25.4 Å². The summed E-state index contributed by atoms with van der Waals surface area (Å²) in [7, 11) is 2.04. The van der Waals surface area contributed by atoms with E-state index in [1.807, 2.05) is 33.2 Å². The maximum Gasteiger partial charge on any atom is 0.145 e. The number of anilines is 1. The molecule has 0 radical (unpaired) electrons. The van der Waals surface area contributed by atoms with Gasteiger partial charge >= 0.3 is 0 Å². The standard InChI is InChI=1S/C8H10N2O.C2H6/c1-10-4-5-11-8-2-3-9-6-7(8)10;1-2/h2-3,6H,4-5H2,1H3;1-2H3. The van der Waals surface area contributed by atoms with E-state index in [9.17, 15) is 0 Å². The summed E-state index contributed by atoms with van der Waals surface area (Å²) >= 11 is 0. The summed E-state index contributed by atoms with van der Waals surface area (Å²) in [5.41, 5.74) is 1.08. The second kappa shape index (κ2) is 4.70. The summed E-state index contributed by atoms with van der Waals surface area (Å²) in [4.78, 5) is 6.17. The van der Waals surface area contributed by atoms with E-state index in [-0.39, 0.29) is 0 Å². The van der Waals surface area contributed by atoms with Gasteiger partial charge in [-0.3, -0.25) is 4.98 Å². The van der Waals surface area contributed by atoms with Gasteiger partial charge in [0.15, 0.2) is 0 Å². The van der Waals surface area contributed by atoms with Gasteiger partial charge in [-0.15, -0.1) is 0 Å². The molecule has 1 aliphatic rings. The Morgan fingerprint density at radius 3 is 2.92 bits per heavy atom. The molecule has 13 heavy (non-hydrogen) atoms. The van der Waals surface area contributed by atoms with Crippen LogP contribution in [0, 0.1) is 0 Å². The molecule has 1 aromatic rings. The number of aromatic nitrogens is 1. The molecule has 0 spiro atoms. The number of hydrogen-bond acceptors (Lipinski definition) is 3. The summed E-state index contributed by atoms with van der Waals surface area (Å²) in [6, 6.07) is 1.89. The van der Waals surface area contributed by atoms with Crippen molar-refractivity contribution in [2.24, 2.45) is 0 Å². The first kappa shape index (κ1) is 9.84. The Balaban J connectivity index is 0.000000396. The van der Waals surface area contributed by atoms with Crippen LogP contribution < -0.4 is 9.64 Å². The molecule has 2 rings (SSSR count). The van der Waals surface area contributed by atoms with Crippen molar-refractivity contribution in [3.63, 3.8) is 0 Å². The predicted molar refractivity (Wildman–Crippen MR) is 54.4 cm³/mol. The highest BCUT2D eigenvalue weighted by atomic mass is 16.5. The molecule has 2 heterocycles. The number of ether oxygens (including phenoxy) is 1. The third-order valence-corrected chi connectivity index (χ3v) is 1.86. The van der Waals surface area contributed by atoms with Gasteiger partial charge in [-0.2, -0.15) is 0 Å². The van der Waals surface area contributed by atoms with E-state index in [0.29, 0.717) is 0 Å². The SMILES string of the molecule is CC.CN1CCOc2ccncc21. The first-order valence-corrected chi connectivity index (χ1v) is 4.66. The third kappa shape index (κ3) is 2.11. The molecule has 3 heteroatoms. The average molecular weight is 180 g/mol. The van der Waals surface area contributed by atoms with Crippen molar-refractivity contribution in [2.75, 3.05) is 25.1 Å². The van der Waals surface area contributed by atoms with Crippen LogP contribution in [-0.4, -0.2) is 25.2 Å². The normalized spacial score (nSPS) is 13.6. The Labute approximate surface area is 79.3 Å². The van der Waals surface area contributed by atoms with Crippen molar-refractivity contribution in [2.45, 2.75) is 13.8 Å². The highest BCUT2D eigenvalue weighted by molar-refractivity contribution is 5.57. The molecular formula is C10H16N2O. The lowest BCUT2D eigenvalue weighted by molar-refractivity contribution is 0.311. The van der Waals surface area contributed by atoms with Gasteiger partial charge in [-0.05, 0) is 0 Å². The lowest BCUT2D eigenvalue weighted by atomic mass is 10.3. The van der Waals surface area contributed by atoms with Gasteiger partial charge < -0.3 is 9.64 Å². The van der Waals surface area contributed by atoms with Crippen molar-refractivity contribution in [3.8, 4) is 5.75 Å². The monoisotopic (exact) mass is 180 g/mol. The van der Waals surface area contributed by atoms with Crippen LogP contribution in [0.5, 0.6) is 5.75 Å². The number of hydrogen-bond donors (Lipinski definition) is 0. The second-order valence-corrected chi connectivity index (χ2v) is 2.61. The Kier molecular flexibility index (Phi) is 3.55. The van der Waals surface area contributed by atoms with E-state index >= 15 is 0 Å². The van der Waals surface area contributed by atoms with E-state index in [0.717, 1.165) is 24.6 Å². The molecule has 0 N–H and O–H groups in total. The molecular weight excluding hydrogens is 164 g/mol. The van der Waals surface area contributed by atoms with Crippen molar-refractivity contribution >= 4 is 5.69 Å². The van der Waals surface area contributed by atoms with Crippen LogP contribution in [0.3, 0.4) is 0 Å². The Morgan fingerprint density at radius 1 is 1.46 bits per heavy atom. The highest BCUT2D eigenvalue weighted by Crippen LogP contribution is 2.28. The summed E-state index contributed by atoms with van der Waals surface area (Å²) in [6.07, 6.45) is 3.58. The van der Waals surface area contributed by atoms with Crippen LogP contribution in [0.4, 0.5) is 5.69 Å². The van der Waals surface area contributed by atoms with Gasteiger partial charge in [0.25, 0.3) is 0 Å². The maximum absolute atomic E-state index is 5.41. The molecule has 0 saturated carbocycles. The van der Waals surface area contributed by atoms with E-state index in [4.69, 9.17) is 4.74 Å².